The maximum absolute atomic E-state index is 5.98. The molecule has 0 unspecified atom stereocenters. The normalized spacial score (nSPS) is 19.8. The number of hydrogen-bond donors (Lipinski definition) is 1. The molecule has 0 amide bonds. The molecule has 0 spiro atoms. The van der Waals surface area contributed by atoms with E-state index in [1.165, 1.54) is 0 Å². The first-order chi connectivity index (χ1) is 5.22. The number of rotatable bonds is 1. The summed E-state index contributed by atoms with van der Waals surface area (Å²) in [6, 6.07) is 3.88. The van der Waals surface area contributed by atoms with Gasteiger partial charge in [0.15, 0.2) is 0 Å². The average molecular weight is 213 g/mol. The maximum Gasteiger partial charge on any atom is 0.0744 e. The second-order valence-electron chi connectivity index (χ2n) is 2.99. The third-order valence-corrected chi connectivity index (χ3v) is 2.66. The predicted octanol–water partition coefficient (Wildman–Crippen LogP) is 1.79. The lowest BCUT2D eigenvalue weighted by Crippen LogP contribution is -2.20. The maximum atomic E-state index is 5.98. The minimum absolute atomic E-state index is 0.125. The van der Waals surface area contributed by atoms with Gasteiger partial charge in [-0.15, -0.1) is 0 Å². The van der Waals surface area contributed by atoms with Crippen LogP contribution in [0.3, 0.4) is 0 Å². The van der Waals surface area contributed by atoms with E-state index in [1.807, 2.05) is 12.1 Å². The van der Waals surface area contributed by atoms with Gasteiger partial charge in [-0.3, -0.25) is 4.98 Å². The van der Waals surface area contributed by atoms with E-state index in [9.17, 15) is 0 Å². The molecule has 3 heteroatoms. The molecular formula is C8H9BrN2. The fraction of sp³-hybridized carbons (Fsp3) is 0.375. The monoisotopic (exact) mass is 212 g/mol. The molecule has 1 aromatic heterocycles. The van der Waals surface area contributed by atoms with Crippen molar-refractivity contribution < 1.29 is 0 Å². The van der Waals surface area contributed by atoms with E-state index >= 15 is 0 Å². The minimum Gasteiger partial charge on any atom is -0.320 e. The molecule has 0 aromatic carbocycles. The zero-order valence-corrected chi connectivity index (χ0v) is 7.63. The van der Waals surface area contributed by atoms with E-state index in [1.54, 1.807) is 6.20 Å². The molecule has 0 bridgehead atoms. The van der Waals surface area contributed by atoms with Crippen molar-refractivity contribution in [2.24, 2.45) is 5.73 Å². The zero-order valence-electron chi connectivity index (χ0n) is 6.05. The van der Waals surface area contributed by atoms with Crippen LogP contribution < -0.4 is 5.73 Å². The van der Waals surface area contributed by atoms with E-state index in [2.05, 4.69) is 20.9 Å². The number of nitrogens with zero attached hydrogens (tertiary/aromatic N) is 1. The highest BCUT2D eigenvalue weighted by Gasteiger charge is 2.42. The first kappa shape index (κ1) is 7.25. The molecule has 1 saturated carbocycles. The summed E-state index contributed by atoms with van der Waals surface area (Å²) >= 11 is 3.43. The highest BCUT2D eigenvalue weighted by Crippen LogP contribution is 2.43. The summed E-state index contributed by atoms with van der Waals surface area (Å²) in [6.07, 6.45) is 3.90. The van der Waals surface area contributed by atoms with Crippen LogP contribution in [0.5, 0.6) is 0 Å². The Morgan fingerprint density at radius 2 is 2.27 bits per heavy atom. The molecule has 1 aromatic rings. The highest BCUT2D eigenvalue weighted by atomic mass is 79.9. The van der Waals surface area contributed by atoms with Crippen LogP contribution in [0.1, 0.15) is 18.5 Å². The summed E-state index contributed by atoms with van der Waals surface area (Å²) in [5, 5.41) is 0. The Morgan fingerprint density at radius 1 is 1.55 bits per heavy atom. The van der Waals surface area contributed by atoms with Crippen LogP contribution in [0.25, 0.3) is 0 Å². The third kappa shape index (κ3) is 1.19. The Balaban J connectivity index is 2.45. The Kier molecular flexibility index (Phi) is 1.51. The molecule has 1 aliphatic rings. The Hall–Kier alpha value is -0.410. The summed E-state index contributed by atoms with van der Waals surface area (Å²) in [6.45, 7) is 0. The van der Waals surface area contributed by atoms with E-state index < -0.39 is 0 Å². The third-order valence-electron chi connectivity index (χ3n) is 2.02. The smallest absolute Gasteiger partial charge is 0.0744 e. The van der Waals surface area contributed by atoms with Crippen molar-refractivity contribution >= 4 is 15.9 Å². The summed E-state index contributed by atoms with van der Waals surface area (Å²) < 4.78 is 1.03. The van der Waals surface area contributed by atoms with Gasteiger partial charge in [0, 0.05) is 10.7 Å². The first-order valence-corrected chi connectivity index (χ1v) is 4.41. The number of hydrogen-bond acceptors (Lipinski definition) is 2. The van der Waals surface area contributed by atoms with Gasteiger partial charge in [-0.25, -0.2) is 0 Å². The molecule has 2 rings (SSSR count). The van der Waals surface area contributed by atoms with Gasteiger partial charge in [-0.1, -0.05) is 0 Å². The Bertz CT molecular complexity index is 281. The fourth-order valence-electron chi connectivity index (χ4n) is 1.12. The summed E-state index contributed by atoms with van der Waals surface area (Å²) in [5.41, 5.74) is 6.85. The molecule has 2 N–H and O–H groups in total. The highest BCUT2D eigenvalue weighted by molar-refractivity contribution is 9.10. The topological polar surface area (TPSA) is 38.9 Å². The molecule has 1 fully saturated rings. The fourth-order valence-corrected chi connectivity index (χ4v) is 1.77. The SMILES string of the molecule is NC1(c2ncccc2Br)CC1. The second kappa shape index (κ2) is 2.29. The predicted molar refractivity (Wildman–Crippen MR) is 47.0 cm³/mol. The van der Waals surface area contributed by atoms with Gasteiger partial charge in [0.2, 0.25) is 0 Å². The lowest BCUT2D eigenvalue weighted by Gasteiger charge is -2.08. The van der Waals surface area contributed by atoms with Crippen molar-refractivity contribution in [1.82, 2.24) is 4.98 Å². The second-order valence-corrected chi connectivity index (χ2v) is 3.84. The van der Waals surface area contributed by atoms with Crippen molar-refractivity contribution in [3.05, 3.63) is 28.5 Å². The lowest BCUT2D eigenvalue weighted by molar-refractivity contribution is 0.703. The van der Waals surface area contributed by atoms with Crippen LogP contribution >= 0.6 is 15.9 Å². The molecule has 1 heterocycles. The van der Waals surface area contributed by atoms with Crippen molar-refractivity contribution in [2.45, 2.75) is 18.4 Å². The van der Waals surface area contributed by atoms with E-state index in [0.717, 1.165) is 23.0 Å². The van der Waals surface area contributed by atoms with Gasteiger partial charge in [-0.2, -0.15) is 0 Å². The molecule has 0 aliphatic heterocycles. The summed E-state index contributed by atoms with van der Waals surface area (Å²) in [5.74, 6) is 0. The van der Waals surface area contributed by atoms with Crippen LogP contribution in [-0.4, -0.2) is 4.98 Å². The van der Waals surface area contributed by atoms with Crippen molar-refractivity contribution in [3.8, 4) is 0 Å². The van der Waals surface area contributed by atoms with E-state index in [4.69, 9.17) is 5.73 Å². The quantitative estimate of drug-likeness (QED) is 0.772. The lowest BCUT2D eigenvalue weighted by atomic mass is 10.2. The van der Waals surface area contributed by atoms with Crippen LogP contribution in [0.4, 0.5) is 0 Å². The molecule has 58 valence electrons. The number of nitrogens with two attached hydrogens (primary N) is 1. The van der Waals surface area contributed by atoms with Crippen molar-refractivity contribution in [2.75, 3.05) is 0 Å². The molecule has 0 atom stereocenters. The molecule has 1 aliphatic carbocycles. The zero-order chi connectivity index (χ0) is 7.90. The molecule has 0 saturated heterocycles. The molecule has 2 nitrogen and oxygen atoms in total. The molecule has 0 radical (unpaired) electrons. The van der Waals surface area contributed by atoms with Crippen LogP contribution in [0, 0.1) is 0 Å². The summed E-state index contributed by atoms with van der Waals surface area (Å²) in [7, 11) is 0. The van der Waals surface area contributed by atoms with Crippen molar-refractivity contribution in [3.63, 3.8) is 0 Å². The van der Waals surface area contributed by atoms with Gasteiger partial charge in [0.1, 0.15) is 0 Å². The van der Waals surface area contributed by atoms with Crippen LogP contribution in [-0.2, 0) is 5.54 Å². The number of halogens is 1. The van der Waals surface area contributed by atoms with Crippen LogP contribution in [0.15, 0.2) is 22.8 Å². The molecular weight excluding hydrogens is 204 g/mol. The standard InChI is InChI=1S/C8H9BrN2/c9-6-2-1-5-11-7(6)8(10)3-4-8/h1-2,5H,3-4,10H2. The average Bonchev–Trinajstić information content (AvgIpc) is 2.70. The van der Waals surface area contributed by atoms with Crippen molar-refractivity contribution in [1.29, 1.82) is 0 Å². The minimum atomic E-state index is -0.125. The summed E-state index contributed by atoms with van der Waals surface area (Å²) in [4.78, 5) is 4.24. The van der Waals surface area contributed by atoms with Gasteiger partial charge in [0.25, 0.3) is 0 Å². The Labute approximate surface area is 73.9 Å². The van der Waals surface area contributed by atoms with Gasteiger partial charge in [0.05, 0.1) is 11.2 Å². The van der Waals surface area contributed by atoms with Gasteiger partial charge in [-0.05, 0) is 40.9 Å². The molecule has 11 heavy (non-hydrogen) atoms. The number of pyridine rings is 1. The van der Waals surface area contributed by atoms with Gasteiger partial charge < -0.3 is 5.73 Å². The largest absolute Gasteiger partial charge is 0.320 e. The van der Waals surface area contributed by atoms with E-state index in [-0.39, 0.29) is 5.54 Å². The van der Waals surface area contributed by atoms with Crippen LogP contribution in [0.2, 0.25) is 0 Å². The van der Waals surface area contributed by atoms with E-state index in [0.29, 0.717) is 0 Å². The first-order valence-electron chi connectivity index (χ1n) is 3.62. The van der Waals surface area contributed by atoms with Gasteiger partial charge >= 0.3 is 0 Å². The number of aromatic nitrogens is 1. The Morgan fingerprint density at radius 3 is 2.82 bits per heavy atom.